The molecule has 1 saturated carbocycles. The van der Waals surface area contributed by atoms with Gasteiger partial charge in [0.05, 0.1) is 48.6 Å². The van der Waals surface area contributed by atoms with Gasteiger partial charge in [-0.2, -0.15) is 0 Å². The van der Waals surface area contributed by atoms with Crippen LogP contribution in [0.1, 0.15) is 50.5 Å². The maximum Gasteiger partial charge on any atom is 0.253 e. The van der Waals surface area contributed by atoms with Gasteiger partial charge in [0.2, 0.25) is 5.91 Å². The molecule has 3 aliphatic rings. The van der Waals surface area contributed by atoms with E-state index in [2.05, 4.69) is 16.3 Å². The number of methoxy groups -OCH3 is 1. The van der Waals surface area contributed by atoms with Gasteiger partial charge in [-0.15, -0.1) is 0 Å². The van der Waals surface area contributed by atoms with Crippen molar-refractivity contribution in [1.82, 2.24) is 9.80 Å². The third-order valence-corrected chi connectivity index (χ3v) is 8.56. The first-order valence-corrected chi connectivity index (χ1v) is 15.4. The number of anilines is 1. The van der Waals surface area contributed by atoms with Gasteiger partial charge >= 0.3 is 0 Å². The van der Waals surface area contributed by atoms with Gasteiger partial charge in [0.25, 0.3) is 5.91 Å². The normalized spacial score (nSPS) is 27.3. The van der Waals surface area contributed by atoms with Crippen molar-refractivity contribution >= 4 is 29.1 Å². The minimum absolute atomic E-state index is 0.0456. The van der Waals surface area contributed by atoms with Crippen LogP contribution in [0.25, 0.3) is 0 Å². The maximum atomic E-state index is 15.3. The summed E-state index contributed by atoms with van der Waals surface area (Å²) in [6.07, 6.45) is 14.5. The predicted octanol–water partition coefficient (Wildman–Crippen LogP) is 5.36. The number of nitrogens with one attached hydrogen (secondary N) is 1. The molecular weight excluding hydrogens is 577 g/mol. The third kappa shape index (κ3) is 9.61. The van der Waals surface area contributed by atoms with Gasteiger partial charge in [0.15, 0.2) is 0 Å². The summed E-state index contributed by atoms with van der Waals surface area (Å²) in [5.74, 6) is -1.04. The molecule has 0 radical (unpaired) electrons. The number of amides is 2. The Balaban J connectivity index is 1.39. The smallest absolute Gasteiger partial charge is 0.253 e. The summed E-state index contributed by atoms with van der Waals surface area (Å²) in [5.41, 5.74) is 0.837. The molecule has 236 valence electrons. The molecule has 4 rings (SSSR count). The van der Waals surface area contributed by atoms with Crippen molar-refractivity contribution in [1.29, 1.82) is 0 Å². The van der Waals surface area contributed by atoms with E-state index in [1.165, 1.54) is 12.1 Å². The third-order valence-electron chi connectivity index (χ3n) is 8.25. The number of likely N-dealkylation sites (N-methyl/N-ethyl adjacent to an activating group) is 1. The number of carbonyl (C=O) groups is 2. The van der Waals surface area contributed by atoms with Crippen molar-refractivity contribution in [3.05, 3.63) is 64.6 Å². The van der Waals surface area contributed by atoms with Crippen LogP contribution in [0.2, 0.25) is 5.02 Å². The van der Waals surface area contributed by atoms with E-state index >= 15 is 4.39 Å². The first kappa shape index (κ1) is 33.1. The van der Waals surface area contributed by atoms with E-state index in [1.807, 2.05) is 30.2 Å². The van der Waals surface area contributed by atoms with Gasteiger partial charge in [0.1, 0.15) is 5.82 Å². The molecule has 43 heavy (non-hydrogen) atoms. The minimum Gasteiger partial charge on any atom is -0.384 e. The summed E-state index contributed by atoms with van der Waals surface area (Å²) in [5, 5.41) is 11.8. The number of allylic oxidation sites excluding steroid dienone is 3. The van der Waals surface area contributed by atoms with Crippen molar-refractivity contribution < 1.29 is 33.6 Å². The minimum atomic E-state index is -0.613. The van der Waals surface area contributed by atoms with Crippen molar-refractivity contribution in [2.45, 2.75) is 69.6 Å². The second kappa shape index (κ2) is 16.4. The van der Waals surface area contributed by atoms with Crippen LogP contribution >= 0.6 is 11.6 Å². The Bertz CT molecular complexity index is 1200. The molecular formula is C32H43ClFN3O6. The molecule has 2 amide bonds. The molecule has 9 nitrogen and oxygen atoms in total. The second-order valence-corrected chi connectivity index (χ2v) is 12.0. The Morgan fingerprint density at radius 1 is 1.09 bits per heavy atom. The summed E-state index contributed by atoms with van der Waals surface area (Å²) < 4.78 is 26.8. The average Bonchev–Trinajstić information content (AvgIpc) is 3.40. The highest BCUT2D eigenvalue weighted by Gasteiger charge is 2.36. The van der Waals surface area contributed by atoms with Crippen LogP contribution < -0.4 is 5.32 Å². The van der Waals surface area contributed by atoms with Crippen LogP contribution in [0.5, 0.6) is 0 Å². The number of hydrogen-bond acceptors (Lipinski definition) is 7. The van der Waals surface area contributed by atoms with Gasteiger partial charge in [-0.25, -0.2) is 9.28 Å². The molecule has 1 aliphatic carbocycles. The maximum absolute atomic E-state index is 15.3. The predicted molar refractivity (Wildman–Crippen MR) is 163 cm³/mol. The van der Waals surface area contributed by atoms with E-state index in [1.54, 1.807) is 18.2 Å². The highest BCUT2D eigenvalue weighted by molar-refractivity contribution is 6.34. The van der Waals surface area contributed by atoms with E-state index in [9.17, 15) is 9.59 Å². The summed E-state index contributed by atoms with van der Waals surface area (Å²) in [6, 6.07) is 2.44. The van der Waals surface area contributed by atoms with Crippen LogP contribution in [-0.4, -0.2) is 85.6 Å². The molecule has 2 atom stereocenters. The van der Waals surface area contributed by atoms with Crippen molar-refractivity contribution in [2.24, 2.45) is 5.92 Å². The first-order chi connectivity index (χ1) is 20.8. The molecule has 2 unspecified atom stereocenters. The number of nitrogens with zero attached hydrogens (tertiary/aromatic N) is 2. The van der Waals surface area contributed by atoms with E-state index in [-0.39, 0.29) is 58.7 Å². The fraction of sp³-hybridized carbons (Fsp3) is 0.562. The quantitative estimate of drug-likeness (QED) is 0.207. The zero-order valence-corrected chi connectivity index (χ0v) is 25.7. The Kier molecular flexibility index (Phi) is 12.6. The van der Waals surface area contributed by atoms with Gasteiger partial charge in [-0.3, -0.25) is 14.8 Å². The molecule has 2 aliphatic heterocycles. The lowest BCUT2D eigenvalue weighted by Crippen LogP contribution is -2.40. The number of hydrogen-bond donors (Lipinski definition) is 2. The molecule has 2 N–H and O–H groups in total. The molecule has 1 aromatic rings. The summed E-state index contributed by atoms with van der Waals surface area (Å²) in [4.78, 5) is 34.7. The van der Waals surface area contributed by atoms with Crippen LogP contribution in [-0.2, 0) is 30.4 Å². The zero-order valence-electron chi connectivity index (χ0n) is 25.0. The number of rotatable bonds is 10. The fourth-order valence-electron chi connectivity index (χ4n) is 5.92. The van der Waals surface area contributed by atoms with Crippen molar-refractivity contribution in [2.75, 3.05) is 45.8 Å². The van der Waals surface area contributed by atoms with Crippen LogP contribution in [0.3, 0.4) is 0 Å². The van der Waals surface area contributed by atoms with E-state index in [0.29, 0.717) is 38.3 Å². The molecule has 0 spiro atoms. The number of halogens is 2. The number of ether oxygens (including phenoxy) is 2. The van der Waals surface area contributed by atoms with E-state index in [0.717, 1.165) is 38.5 Å². The topological polar surface area (TPSA) is 101 Å². The second-order valence-electron chi connectivity index (χ2n) is 11.6. The highest BCUT2D eigenvalue weighted by atomic mass is 35.5. The summed E-state index contributed by atoms with van der Waals surface area (Å²) in [7, 11) is 3.52. The SMILES string of the molecule is COCC1CC(COC2CCC(OO)CC2)N(C(=O)Cc2cc(Cl)c(NC(=O)/C3=C/N(C)C/C=C\C/C=C\C3)cc2F)C1. The number of carbonyl (C=O) groups excluding carboxylic acids is 2. The van der Waals surface area contributed by atoms with Gasteiger partial charge in [-0.1, -0.05) is 35.9 Å². The molecule has 2 heterocycles. The molecule has 2 fully saturated rings. The molecule has 1 aromatic carbocycles. The molecule has 11 heteroatoms. The largest absolute Gasteiger partial charge is 0.384 e. The van der Waals surface area contributed by atoms with E-state index < -0.39 is 5.82 Å². The van der Waals surface area contributed by atoms with Crippen LogP contribution in [0.4, 0.5) is 10.1 Å². The highest BCUT2D eigenvalue weighted by Crippen LogP contribution is 2.30. The fourth-order valence-corrected chi connectivity index (χ4v) is 6.15. The Morgan fingerprint density at radius 3 is 2.58 bits per heavy atom. The summed E-state index contributed by atoms with van der Waals surface area (Å²) in [6.45, 7) is 2.07. The molecule has 0 aromatic heterocycles. The summed E-state index contributed by atoms with van der Waals surface area (Å²) >= 11 is 6.49. The van der Waals surface area contributed by atoms with Crippen LogP contribution in [0.15, 0.2) is 48.2 Å². The van der Waals surface area contributed by atoms with Crippen molar-refractivity contribution in [3.63, 3.8) is 0 Å². The zero-order chi connectivity index (χ0) is 30.8. The lowest BCUT2D eigenvalue weighted by atomic mass is 9.95. The van der Waals surface area contributed by atoms with Crippen molar-refractivity contribution in [3.8, 4) is 0 Å². The standard InChI is InChI=1S/C32H43ClFN3O6/c1-36-13-7-5-3-4-6-8-23(19-36)32(39)35-30-17-29(34)24(15-28(30)33)16-31(38)37-18-22(20-41-2)14-25(37)21-42-26-9-11-27(43-40)12-10-26/h4-7,15,17,19,22,25-27,40H,3,8-14,16,18,20-21H2,1-2H3,(H,35,39)/b6-4-,7-5-,23-19+. The lowest BCUT2D eigenvalue weighted by Gasteiger charge is -2.30. The number of likely N-dealkylation sites (tertiary alicyclic amines) is 1. The molecule has 1 saturated heterocycles. The van der Waals surface area contributed by atoms with Gasteiger partial charge in [0, 0.05) is 44.9 Å². The Hall–Kier alpha value is -2.76. The average molecular weight is 620 g/mol. The Morgan fingerprint density at radius 2 is 1.84 bits per heavy atom. The number of benzene rings is 1. The van der Waals surface area contributed by atoms with Gasteiger partial charge < -0.3 is 24.6 Å². The first-order valence-electron chi connectivity index (χ1n) is 15.0. The monoisotopic (exact) mass is 619 g/mol. The Labute approximate surface area is 258 Å². The van der Waals surface area contributed by atoms with Gasteiger partial charge in [-0.05, 0) is 62.6 Å². The lowest BCUT2D eigenvalue weighted by molar-refractivity contribution is -0.286. The molecule has 0 bridgehead atoms. The van der Waals surface area contributed by atoms with Crippen LogP contribution in [0, 0.1) is 11.7 Å². The van der Waals surface area contributed by atoms with E-state index in [4.69, 9.17) is 26.3 Å².